The Bertz CT molecular complexity index is 1150. The molecule has 0 aliphatic rings. The van der Waals surface area contributed by atoms with Crippen LogP contribution in [0.2, 0.25) is 0 Å². The molecule has 2 rings (SSSR count). The summed E-state index contributed by atoms with van der Waals surface area (Å²) in [6.45, 7) is 3.62. The number of aromatic nitrogens is 1. The van der Waals surface area contributed by atoms with Crippen molar-refractivity contribution in [2.45, 2.75) is 20.4 Å². The van der Waals surface area contributed by atoms with Gasteiger partial charge in [0, 0.05) is 36.8 Å². The number of esters is 1. The van der Waals surface area contributed by atoms with Gasteiger partial charge in [-0.1, -0.05) is 0 Å². The highest BCUT2D eigenvalue weighted by Crippen LogP contribution is 2.19. The smallest absolute Gasteiger partial charge is 0.349 e. The van der Waals surface area contributed by atoms with Crippen LogP contribution < -0.4 is 10.6 Å². The molecule has 0 fully saturated rings. The van der Waals surface area contributed by atoms with Crippen molar-refractivity contribution in [2.24, 2.45) is 0 Å². The molecule has 34 heavy (non-hydrogen) atoms. The van der Waals surface area contributed by atoms with E-state index in [9.17, 15) is 28.4 Å². The van der Waals surface area contributed by atoms with E-state index in [2.05, 4.69) is 10.6 Å². The van der Waals surface area contributed by atoms with E-state index < -0.39 is 42.6 Å². The molecule has 0 unspecified atom stereocenters. The van der Waals surface area contributed by atoms with Gasteiger partial charge in [0.2, 0.25) is 5.91 Å². The largest absolute Gasteiger partial charge is 0.451 e. The molecular formula is C23H24F2N4O5. The number of amides is 2. The maximum atomic E-state index is 13.2. The molecule has 11 heteroatoms. The van der Waals surface area contributed by atoms with Crippen LogP contribution >= 0.6 is 0 Å². The number of methoxy groups -OCH3 is 1. The molecule has 0 bridgehead atoms. The van der Waals surface area contributed by atoms with E-state index in [1.54, 1.807) is 13.2 Å². The molecule has 0 atom stereocenters. The normalized spacial score (nSPS) is 11.0. The number of nitrogens with zero attached hydrogens (tertiary/aromatic N) is 2. The second-order valence-corrected chi connectivity index (χ2v) is 7.17. The number of aryl methyl sites for hydroxylation is 1. The Morgan fingerprint density at radius 2 is 1.88 bits per heavy atom. The summed E-state index contributed by atoms with van der Waals surface area (Å²) in [5.74, 6) is -4.68. The number of hydrogen-bond donors (Lipinski definition) is 2. The van der Waals surface area contributed by atoms with Gasteiger partial charge in [0.15, 0.2) is 18.2 Å². The summed E-state index contributed by atoms with van der Waals surface area (Å²) in [5.41, 5.74) is 2.12. The third-order valence-electron chi connectivity index (χ3n) is 4.76. The SMILES string of the molecule is COCCn1c(C)cc(/C=C(\C#N)C(=O)OCC(=O)NCC(=O)Nc2ccc(F)c(F)c2)c1C. The van der Waals surface area contributed by atoms with Gasteiger partial charge in [-0.3, -0.25) is 9.59 Å². The average Bonchev–Trinajstić information content (AvgIpc) is 3.07. The lowest BCUT2D eigenvalue weighted by Crippen LogP contribution is -2.35. The Morgan fingerprint density at radius 1 is 1.15 bits per heavy atom. The molecule has 9 nitrogen and oxygen atoms in total. The first kappa shape index (κ1) is 26.2. The van der Waals surface area contributed by atoms with Crippen LogP contribution in [0.25, 0.3) is 6.08 Å². The highest BCUT2D eigenvalue weighted by molar-refractivity contribution is 5.99. The van der Waals surface area contributed by atoms with Crippen LogP contribution in [-0.4, -0.2) is 49.2 Å². The predicted molar refractivity (Wildman–Crippen MR) is 118 cm³/mol. The van der Waals surface area contributed by atoms with Crippen molar-refractivity contribution in [3.8, 4) is 6.07 Å². The Balaban J connectivity index is 1.88. The molecule has 1 aromatic heterocycles. The van der Waals surface area contributed by atoms with E-state index in [-0.39, 0.29) is 11.3 Å². The zero-order valence-corrected chi connectivity index (χ0v) is 18.9. The van der Waals surface area contributed by atoms with Crippen LogP contribution in [0.4, 0.5) is 14.5 Å². The van der Waals surface area contributed by atoms with Crippen molar-refractivity contribution < 1.29 is 32.6 Å². The van der Waals surface area contributed by atoms with E-state index >= 15 is 0 Å². The lowest BCUT2D eigenvalue weighted by Gasteiger charge is -2.08. The van der Waals surface area contributed by atoms with Crippen molar-refractivity contribution in [3.63, 3.8) is 0 Å². The number of nitriles is 1. The molecule has 0 saturated heterocycles. The monoisotopic (exact) mass is 474 g/mol. The summed E-state index contributed by atoms with van der Waals surface area (Å²) in [5, 5.41) is 13.8. The molecule has 1 aromatic carbocycles. The van der Waals surface area contributed by atoms with Crippen LogP contribution in [-0.2, 0) is 30.4 Å². The first-order valence-electron chi connectivity index (χ1n) is 10.1. The van der Waals surface area contributed by atoms with Gasteiger partial charge in [-0.2, -0.15) is 5.26 Å². The summed E-state index contributed by atoms with van der Waals surface area (Å²) < 4.78 is 38.0. The van der Waals surface area contributed by atoms with Gasteiger partial charge in [0.05, 0.1) is 13.2 Å². The van der Waals surface area contributed by atoms with Crippen LogP contribution in [0.15, 0.2) is 29.8 Å². The molecule has 0 aliphatic carbocycles. The van der Waals surface area contributed by atoms with E-state index in [0.717, 1.165) is 29.6 Å². The number of anilines is 1. The van der Waals surface area contributed by atoms with Crippen molar-refractivity contribution in [1.82, 2.24) is 9.88 Å². The van der Waals surface area contributed by atoms with Gasteiger partial charge < -0.3 is 24.7 Å². The first-order chi connectivity index (χ1) is 16.2. The van der Waals surface area contributed by atoms with Crippen LogP contribution in [0.3, 0.4) is 0 Å². The van der Waals surface area contributed by atoms with Gasteiger partial charge in [0.25, 0.3) is 5.91 Å². The second-order valence-electron chi connectivity index (χ2n) is 7.17. The van der Waals surface area contributed by atoms with Crippen molar-refractivity contribution >= 4 is 29.5 Å². The van der Waals surface area contributed by atoms with Gasteiger partial charge in [-0.05, 0) is 43.7 Å². The summed E-state index contributed by atoms with van der Waals surface area (Å²) in [6.07, 6.45) is 1.38. The predicted octanol–water partition coefficient (Wildman–Crippen LogP) is 2.23. The highest BCUT2D eigenvalue weighted by Gasteiger charge is 2.16. The lowest BCUT2D eigenvalue weighted by atomic mass is 10.1. The van der Waals surface area contributed by atoms with Crippen molar-refractivity contribution in [3.05, 3.63) is 58.4 Å². The number of ether oxygens (including phenoxy) is 2. The lowest BCUT2D eigenvalue weighted by molar-refractivity contribution is -0.144. The summed E-state index contributed by atoms with van der Waals surface area (Å²) >= 11 is 0. The number of nitrogens with one attached hydrogen (secondary N) is 2. The van der Waals surface area contributed by atoms with Crippen molar-refractivity contribution in [2.75, 3.05) is 32.2 Å². The van der Waals surface area contributed by atoms with Gasteiger partial charge in [-0.15, -0.1) is 0 Å². The van der Waals surface area contributed by atoms with E-state index in [1.165, 1.54) is 6.08 Å². The minimum atomic E-state index is -1.13. The Morgan fingerprint density at radius 3 is 2.53 bits per heavy atom. The highest BCUT2D eigenvalue weighted by atomic mass is 19.2. The zero-order valence-electron chi connectivity index (χ0n) is 18.9. The molecule has 180 valence electrons. The molecule has 0 radical (unpaired) electrons. The van der Waals surface area contributed by atoms with Crippen LogP contribution in [0, 0.1) is 36.8 Å². The summed E-state index contributed by atoms with van der Waals surface area (Å²) in [6, 6.07) is 6.37. The van der Waals surface area contributed by atoms with Crippen LogP contribution in [0.1, 0.15) is 17.0 Å². The summed E-state index contributed by atoms with van der Waals surface area (Å²) in [4.78, 5) is 35.9. The minimum absolute atomic E-state index is 0.00922. The number of halogens is 2. The fourth-order valence-electron chi connectivity index (χ4n) is 3.01. The molecule has 2 N–H and O–H groups in total. The fourth-order valence-corrected chi connectivity index (χ4v) is 3.01. The molecule has 1 heterocycles. The fraction of sp³-hybridized carbons (Fsp3) is 0.304. The number of rotatable bonds is 10. The van der Waals surface area contributed by atoms with E-state index in [1.807, 2.05) is 24.5 Å². The first-order valence-corrected chi connectivity index (χ1v) is 10.1. The van der Waals surface area contributed by atoms with E-state index in [4.69, 9.17) is 9.47 Å². The number of carbonyl (C=O) groups excluding carboxylic acids is 3. The van der Waals surface area contributed by atoms with Gasteiger partial charge in [-0.25, -0.2) is 13.6 Å². The Labute approximate surface area is 194 Å². The topological polar surface area (TPSA) is 122 Å². The van der Waals surface area contributed by atoms with Gasteiger partial charge >= 0.3 is 5.97 Å². The molecule has 2 aromatic rings. The maximum absolute atomic E-state index is 13.2. The van der Waals surface area contributed by atoms with E-state index in [0.29, 0.717) is 18.7 Å². The molecular weight excluding hydrogens is 450 g/mol. The molecule has 0 saturated carbocycles. The number of carbonyl (C=O) groups is 3. The van der Waals surface area contributed by atoms with Gasteiger partial charge in [0.1, 0.15) is 11.6 Å². The zero-order chi connectivity index (χ0) is 25.3. The average molecular weight is 474 g/mol. The van der Waals surface area contributed by atoms with Crippen molar-refractivity contribution in [1.29, 1.82) is 5.26 Å². The molecule has 0 spiro atoms. The standard InChI is InChI=1S/C23H24F2N4O5/c1-14-8-16(15(2)29(14)6-7-33-3)9-17(11-26)23(32)34-13-22(31)27-12-21(30)28-18-4-5-19(24)20(25)10-18/h4-5,8-10H,6-7,12-13H2,1-3H3,(H,27,31)(H,28,30)/b17-9+. The quantitative estimate of drug-likeness (QED) is 0.309. The number of benzene rings is 1. The third-order valence-corrected chi connectivity index (χ3v) is 4.76. The summed E-state index contributed by atoms with van der Waals surface area (Å²) in [7, 11) is 1.59. The maximum Gasteiger partial charge on any atom is 0.349 e. The number of hydrogen-bond acceptors (Lipinski definition) is 6. The molecule has 2 amide bonds. The third kappa shape index (κ3) is 7.25. The molecule has 0 aliphatic heterocycles. The van der Waals surface area contributed by atoms with Crippen LogP contribution in [0.5, 0.6) is 0 Å². The second kappa shape index (κ2) is 12.3. The minimum Gasteiger partial charge on any atom is -0.451 e. The Hall–Kier alpha value is -4.04. The Kier molecular flexibility index (Phi) is 9.46.